The summed E-state index contributed by atoms with van der Waals surface area (Å²) >= 11 is -0.149. The molecule has 2 heteroatoms. The van der Waals surface area contributed by atoms with Crippen molar-refractivity contribution < 1.29 is 0 Å². The molecule has 0 bridgehead atoms. The van der Waals surface area contributed by atoms with Crippen LogP contribution in [0.3, 0.4) is 0 Å². The predicted octanol–water partition coefficient (Wildman–Crippen LogP) is 5.59. The van der Waals surface area contributed by atoms with Crippen LogP contribution in [0.4, 0.5) is 0 Å². The third kappa shape index (κ3) is 11.1. The van der Waals surface area contributed by atoms with E-state index in [4.69, 9.17) is 0 Å². The molecule has 0 saturated heterocycles. The molecule has 0 aliphatic rings. The van der Waals surface area contributed by atoms with E-state index in [1.165, 1.54) is 70.0 Å². The van der Waals surface area contributed by atoms with Gasteiger partial charge in [0.15, 0.2) is 0 Å². The quantitative estimate of drug-likeness (QED) is 0.308. The summed E-state index contributed by atoms with van der Waals surface area (Å²) in [6.07, 6.45) is 14.5. The first-order valence-corrected chi connectivity index (χ1v) is 13.7. The zero-order chi connectivity index (χ0) is 14.3. The van der Waals surface area contributed by atoms with Gasteiger partial charge in [-0.25, -0.2) is 0 Å². The van der Waals surface area contributed by atoms with Gasteiger partial charge in [-0.3, -0.25) is 0 Å². The molecule has 0 nitrogen and oxygen atoms in total. The first-order chi connectivity index (χ1) is 9.93. The monoisotopic (exact) mass is 399 g/mol. The van der Waals surface area contributed by atoms with Gasteiger partial charge in [0.05, 0.1) is 0 Å². The number of hydrogen-bond donors (Lipinski definition) is 0. The topological polar surface area (TPSA) is 0 Å². The van der Waals surface area contributed by atoms with Crippen LogP contribution in [0.15, 0.2) is 30.3 Å². The summed E-state index contributed by atoms with van der Waals surface area (Å²) in [7, 11) is 2.23. The molecule has 20 heavy (non-hydrogen) atoms. The van der Waals surface area contributed by atoms with Crippen LogP contribution in [0.1, 0.15) is 71.1 Å². The minimum atomic E-state index is -0.149. The maximum absolute atomic E-state index is 2.29. The van der Waals surface area contributed by atoms with E-state index in [0.29, 0.717) is 0 Å². The molecule has 0 spiro atoms. The Balaban J connectivity index is 1.77. The van der Waals surface area contributed by atoms with E-state index >= 15 is 0 Å². The Morgan fingerprint density at radius 2 is 1.30 bits per heavy atom. The normalized spacial score (nSPS) is 10.8. The molecular weight excluding hydrogens is 370 g/mol. The SMILES string of the molecule is CCCCCCCCCCCC[S][Sb][c]1ccccc1. The predicted molar refractivity (Wildman–Crippen MR) is 96.1 cm³/mol. The van der Waals surface area contributed by atoms with E-state index in [0.717, 1.165) is 0 Å². The fourth-order valence-corrected chi connectivity index (χ4v) is 7.66. The van der Waals surface area contributed by atoms with Gasteiger partial charge in [0.25, 0.3) is 0 Å². The van der Waals surface area contributed by atoms with Crippen molar-refractivity contribution in [2.75, 3.05) is 5.75 Å². The van der Waals surface area contributed by atoms with Gasteiger partial charge in [0.1, 0.15) is 0 Å². The second kappa shape index (κ2) is 14.3. The fraction of sp³-hybridized carbons (Fsp3) is 0.667. The summed E-state index contributed by atoms with van der Waals surface area (Å²) in [4.78, 5) is 0. The van der Waals surface area contributed by atoms with Crippen LogP contribution >= 0.6 is 8.85 Å². The first-order valence-electron chi connectivity index (χ1n) is 8.31. The number of unbranched alkanes of at least 4 members (excludes halogenated alkanes) is 9. The van der Waals surface area contributed by atoms with E-state index in [1.807, 2.05) is 0 Å². The van der Waals surface area contributed by atoms with Crippen LogP contribution in [0.5, 0.6) is 0 Å². The molecule has 1 aromatic carbocycles. The molecule has 0 aliphatic heterocycles. The van der Waals surface area contributed by atoms with Crippen LogP contribution in [-0.4, -0.2) is 26.0 Å². The zero-order valence-corrected chi connectivity index (χ0v) is 16.4. The van der Waals surface area contributed by atoms with Crippen molar-refractivity contribution in [3.8, 4) is 0 Å². The molecule has 0 aromatic heterocycles. The van der Waals surface area contributed by atoms with Gasteiger partial charge < -0.3 is 0 Å². The summed E-state index contributed by atoms with van der Waals surface area (Å²) in [5.74, 6) is 1.39. The summed E-state index contributed by atoms with van der Waals surface area (Å²) in [6, 6.07) is 11.1. The average Bonchev–Trinajstić information content (AvgIpc) is 2.49. The number of rotatable bonds is 13. The molecule has 1 radical (unpaired) electrons. The van der Waals surface area contributed by atoms with Crippen LogP contribution in [0.25, 0.3) is 0 Å². The molecule has 113 valence electrons. The molecule has 0 heterocycles. The van der Waals surface area contributed by atoms with Crippen LogP contribution in [0.2, 0.25) is 0 Å². The molecule has 0 fully saturated rings. The molecule has 1 rings (SSSR count). The van der Waals surface area contributed by atoms with E-state index in [-0.39, 0.29) is 20.2 Å². The summed E-state index contributed by atoms with van der Waals surface area (Å²) < 4.78 is 1.61. The maximum atomic E-state index is 2.29. The Hall–Kier alpha value is 0.388. The van der Waals surface area contributed by atoms with E-state index in [9.17, 15) is 0 Å². The van der Waals surface area contributed by atoms with Gasteiger partial charge in [-0.15, -0.1) is 0 Å². The average molecular weight is 400 g/mol. The minimum absolute atomic E-state index is 0.149. The Kier molecular flexibility index (Phi) is 13.2. The Morgan fingerprint density at radius 3 is 1.90 bits per heavy atom. The van der Waals surface area contributed by atoms with Crippen molar-refractivity contribution >= 4 is 32.6 Å². The van der Waals surface area contributed by atoms with Crippen molar-refractivity contribution in [3.05, 3.63) is 30.3 Å². The standard InChI is InChI=1S/C12H26S.C6H5.Sb/c1-2-3-4-5-6-7-8-9-10-11-12-13;1-2-4-6-5-3-1;/h13H,2-12H2,1H3;1-5H;/q;;+1/p-1. The molecule has 1 aromatic rings. The Bertz CT molecular complexity index is 300. The Labute approximate surface area is 139 Å². The third-order valence-corrected chi connectivity index (χ3v) is 9.65. The van der Waals surface area contributed by atoms with Crippen LogP contribution in [0, 0.1) is 0 Å². The first kappa shape index (κ1) is 18.4. The molecule has 0 saturated carbocycles. The van der Waals surface area contributed by atoms with Crippen molar-refractivity contribution in [3.63, 3.8) is 0 Å². The second-order valence-electron chi connectivity index (χ2n) is 5.44. The van der Waals surface area contributed by atoms with Crippen LogP contribution in [-0.2, 0) is 0 Å². The van der Waals surface area contributed by atoms with Gasteiger partial charge in [-0.1, -0.05) is 6.92 Å². The fourth-order valence-electron chi connectivity index (χ4n) is 2.26. The van der Waals surface area contributed by atoms with Gasteiger partial charge in [-0.2, -0.15) is 0 Å². The second-order valence-corrected chi connectivity index (χ2v) is 11.5. The number of hydrogen-bond acceptors (Lipinski definition) is 1. The van der Waals surface area contributed by atoms with Crippen molar-refractivity contribution in [1.29, 1.82) is 0 Å². The van der Waals surface area contributed by atoms with Crippen molar-refractivity contribution in [2.45, 2.75) is 71.1 Å². The van der Waals surface area contributed by atoms with E-state index in [2.05, 4.69) is 46.1 Å². The molecule has 0 unspecified atom stereocenters. The molecule has 0 atom stereocenters. The van der Waals surface area contributed by atoms with Gasteiger partial charge >= 0.3 is 133 Å². The molecule has 0 N–H and O–H groups in total. The van der Waals surface area contributed by atoms with Gasteiger partial charge in [-0.05, 0) is 0 Å². The van der Waals surface area contributed by atoms with Gasteiger partial charge in [0, 0.05) is 0 Å². The van der Waals surface area contributed by atoms with Crippen LogP contribution < -0.4 is 3.51 Å². The van der Waals surface area contributed by atoms with Crippen molar-refractivity contribution in [2.24, 2.45) is 0 Å². The molecular formula is C18H30SSb. The van der Waals surface area contributed by atoms with E-state index in [1.54, 1.807) is 3.51 Å². The van der Waals surface area contributed by atoms with E-state index < -0.39 is 0 Å². The zero-order valence-electron chi connectivity index (χ0n) is 13.0. The Morgan fingerprint density at radius 1 is 0.750 bits per heavy atom. The number of benzene rings is 1. The summed E-state index contributed by atoms with van der Waals surface area (Å²) in [5.41, 5.74) is 0. The van der Waals surface area contributed by atoms with Crippen molar-refractivity contribution in [1.82, 2.24) is 0 Å². The molecule has 0 amide bonds. The van der Waals surface area contributed by atoms with Gasteiger partial charge in [0.2, 0.25) is 0 Å². The summed E-state index contributed by atoms with van der Waals surface area (Å²) in [5, 5.41) is 0. The summed E-state index contributed by atoms with van der Waals surface area (Å²) in [6.45, 7) is 2.29. The third-order valence-electron chi connectivity index (χ3n) is 3.52. The molecule has 0 aliphatic carbocycles.